The van der Waals surface area contributed by atoms with Crippen molar-refractivity contribution in [2.45, 2.75) is 77.2 Å². The number of rotatable bonds is 4. The Bertz CT molecular complexity index is 983. The van der Waals surface area contributed by atoms with Crippen molar-refractivity contribution in [1.29, 1.82) is 0 Å². The minimum absolute atomic E-state index is 0.0116. The highest BCUT2D eigenvalue weighted by molar-refractivity contribution is 6.33. The fourth-order valence-corrected chi connectivity index (χ4v) is 5.50. The third-order valence-corrected chi connectivity index (χ3v) is 7.55. The summed E-state index contributed by atoms with van der Waals surface area (Å²) in [6, 6.07) is 4.51. The van der Waals surface area contributed by atoms with Crippen LogP contribution < -0.4 is 4.74 Å². The van der Waals surface area contributed by atoms with Crippen LogP contribution in [-0.2, 0) is 4.74 Å². The van der Waals surface area contributed by atoms with Gasteiger partial charge in [-0.05, 0) is 52.5 Å². The minimum atomic E-state index is -0.0948. The molecule has 1 aromatic heterocycles. The molecule has 1 aliphatic carbocycles. The van der Waals surface area contributed by atoms with E-state index in [1.807, 2.05) is 37.8 Å². The predicted octanol–water partition coefficient (Wildman–Crippen LogP) is 5.04. The smallest absolute Gasteiger partial charge is 0.290 e. The van der Waals surface area contributed by atoms with Gasteiger partial charge in [0.25, 0.3) is 5.91 Å². The maximum Gasteiger partial charge on any atom is 0.290 e. The fourth-order valence-electron chi connectivity index (χ4n) is 5.29. The van der Waals surface area contributed by atoms with Gasteiger partial charge in [-0.3, -0.25) is 4.79 Å². The van der Waals surface area contributed by atoms with Crippen LogP contribution in [0, 0.1) is 6.92 Å². The second-order valence-electron chi connectivity index (χ2n) is 9.74. The average Bonchev–Trinajstić information content (AvgIpc) is 3.03. The number of amides is 1. The monoisotopic (exact) mass is 460 g/mol. The van der Waals surface area contributed by atoms with Gasteiger partial charge >= 0.3 is 0 Å². The molecule has 1 saturated carbocycles. The van der Waals surface area contributed by atoms with Crippen molar-refractivity contribution in [2.24, 2.45) is 0 Å². The van der Waals surface area contributed by atoms with Crippen molar-refractivity contribution in [2.75, 3.05) is 26.2 Å². The van der Waals surface area contributed by atoms with E-state index in [-0.39, 0.29) is 24.2 Å². The van der Waals surface area contributed by atoms with Crippen molar-refractivity contribution in [3.63, 3.8) is 0 Å². The molecule has 0 unspecified atom stereocenters. The standard InChI is InChI=1S/C25H33ClN2O4/c1-15-13-28(14-16(2)30-15)25(29)24-17(3)20-11-21(26)23(12-22(20)32-24)31-19-7-9-27(10-8-19)18-5-4-6-18/h11-12,15-16,18-19H,4-10,13-14H2,1-3H3/t15-,16+. The summed E-state index contributed by atoms with van der Waals surface area (Å²) in [5.74, 6) is 0.925. The van der Waals surface area contributed by atoms with Crippen molar-refractivity contribution >= 4 is 28.5 Å². The van der Waals surface area contributed by atoms with Gasteiger partial charge in [-0.2, -0.15) is 0 Å². The molecular weight excluding hydrogens is 428 g/mol. The second kappa shape index (κ2) is 8.88. The van der Waals surface area contributed by atoms with Gasteiger partial charge in [-0.15, -0.1) is 0 Å². The Morgan fingerprint density at radius 1 is 1.09 bits per heavy atom. The maximum absolute atomic E-state index is 13.2. The number of likely N-dealkylation sites (tertiary alicyclic amines) is 1. The summed E-state index contributed by atoms with van der Waals surface area (Å²) in [6.45, 7) is 9.19. The molecule has 5 rings (SSSR count). The van der Waals surface area contributed by atoms with Gasteiger partial charge in [-0.1, -0.05) is 18.0 Å². The number of halogens is 1. The van der Waals surface area contributed by atoms with E-state index in [0.29, 0.717) is 35.2 Å². The number of hydrogen-bond acceptors (Lipinski definition) is 5. The molecule has 174 valence electrons. The van der Waals surface area contributed by atoms with Gasteiger partial charge in [0.2, 0.25) is 0 Å². The van der Waals surface area contributed by atoms with E-state index >= 15 is 0 Å². The topological polar surface area (TPSA) is 55.2 Å². The molecule has 2 atom stereocenters. The van der Waals surface area contributed by atoms with Gasteiger partial charge in [0.15, 0.2) is 5.76 Å². The molecule has 3 aliphatic rings. The zero-order valence-corrected chi connectivity index (χ0v) is 20.0. The number of furan rings is 1. The normalized spacial score (nSPS) is 25.8. The van der Waals surface area contributed by atoms with Crippen LogP contribution in [-0.4, -0.2) is 66.2 Å². The van der Waals surface area contributed by atoms with E-state index in [2.05, 4.69) is 4.90 Å². The first-order chi connectivity index (χ1) is 15.4. The van der Waals surface area contributed by atoms with Crippen LogP contribution in [0.2, 0.25) is 5.02 Å². The SMILES string of the molecule is Cc1c(C(=O)N2C[C@@H](C)O[C@@H](C)C2)oc2cc(OC3CCN(C4CCC4)CC3)c(Cl)cc12. The Hall–Kier alpha value is -1.76. The number of hydrogen-bond donors (Lipinski definition) is 0. The zero-order valence-electron chi connectivity index (χ0n) is 19.2. The highest BCUT2D eigenvalue weighted by atomic mass is 35.5. The van der Waals surface area contributed by atoms with Gasteiger partial charge in [-0.25, -0.2) is 0 Å². The highest BCUT2D eigenvalue weighted by Gasteiger charge is 2.31. The summed E-state index contributed by atoms with van der Waals surface area (Å²) in [4.78, 5) is 17.6. The van der Waals surface area contributed by atoms with Crippen LogP contribution in [0.3, 0.4) is 0 Å². The summed E-state index contributed by atoms with van der Waals surface area (Å²) in [6.07, 6.45) is 6.26. The molecule has 1 amide bonds. The third-order valence-electron chi connectivity index (χ3n) is 7.25. The number of benzene rings is 1. The number of morpholine rings is 1. The molecule has 32 heavy (non-hydrogen) atoms. The summed E-state index contributed by atoms with van der Waals surface area (Å²) in [5.41, 5.74) is 1.46. The van der Waals surface area contributed by atoms with Crippen molar-refractivity contribution in [1.82, 2.24) is 9.80 Å². The third kappa shape index (κ3) is 4.25. The lowest BCUT2D eigenvalue weighted by Gasteiger charge is -2.41. The Morgan fingerprint density at radius 2 is 1.78 bits per heavy atom. The number of ether oxygens (including phenoxy) is 2. The second-order valence-corrected chi connectivity index (χ2v) is 10.1. The lowest BCUT2D eigenvalue weighted by Crippen LogP contribution is -2.48. The molecule has 0 N–H and O–H groups in total. The van der Waals surface area contributed by atoms with E-state index in [0.717, 1.165) is 42.9 Å². The molecule has 1 aromatic carbocycles. The van der Waals surface area contributed by atoms with Crippen LogP contribution in [0.4, 0.5) is 0 Å². The van der Waals surface area contributed by atoms with Crippen LogP contribution in [0.25, 0.3) is 11.0 Å². The van der Waals surface area contributed by atoms with Crippen molar-refractivity contribution in [3.8, 4) is 5.75 Å². The van der Waals surface area contributed by atoms with Gasteiger partial charge in [0.05, 0.1) is 17.2 Å². The molecular formula is C25H33ClN2O4. The summed E-state index contributed by atoms with van der Waals surface area (Å²) in [5, 5.41) is 1.43. The first-order valence-corrected chi connectivity index (χ1v) is 12.3. The maximum atomic E-state index is 13.2. The quantitative estimate of drug-likeness (QED) is 0.639. The van der Waals surface area contributed by atoms with E-state index < -0.39 is 0 Å². The number of fused-ring (bicyclic) bond motifs is 1. The van der Waals surface area contributed by atoms with Gasteiger partial charge in [0.1, 0.15) is 17.4 Å². The molecule has 0 spiro atoms. The van der Waals surface area contributed by atoms with Gasteiger partial charge in [0, 0.05) is 49.2 Å². The summed E-state index contributed by atoms with van der Waals surface area (Å²) >= 11 is 6.59. The van der Waals surface area contributed by atoms with Crippen molar-refractivity contribution in [3.05, 3.63) is 28.5 Å². The number of piperidine rings is 1. The van der Waals surface area contributed by atoms with Crippen molar-refractivity contribution < 1.29 is 18.7 Å². The predicted molar refractivity (Wildman–Crippen MR) is 125 cm³/mol. The molecule has 3 fully saturated rings. The van der Waals surface area contributed by atoms with Crippen LogP contribution in [0.1, 0.15) is 62.1 Å². The Morgan fingerprint density at radius 3 is 2.41 bits per heavy atom. The van der Waals surface area contributed by atoms with E-state index in [1.165, 1.54) is 19.3 Å². The van der Waals surface area contributed by atoms with Crippen LogP contribution >= 0.6 is 11.6 Å². The molecule has 6 nitrogen and oxygen atoms in total. The number of aryl methyl sites for hydroxylation is 1. The van der Waals surface area contributed by atoms with E-state index in [4.69, 9.17) is 25.5 Å². The first-order valence-electron chi connectivity index (χ1n) is 12.0. The zero-order chi connectivity index (χ0) is 22.4. The molecule has 2 aliphatic heterocycles. The van der Waals surface area contributed by atoms with E-state index in [1.54, 1.807) is 0 Å². The summed E-state index contributed by atoms with van der Waals surface area (Å²) < 4.78 is 18.1. The Labute approximate surface area is 194 Å². The number of carbonyl (C=O) groups is 1. The average molecular weight is 461 g/mol. The minimum Gasteiger partial charge on any atom is -0.489 e. The molecule has 2 saturated heterocycles. The molecule has 3 heterocycles. The number of carbonyl (C=O) groups excluding carboxylic acids is 1. The lowest BCUT2D eigenvalue weighted by molar-refractivity contribution is -0.0592. The summed E-state index contributed by atoms with van der Waals surface area (Å²) in [7, 11) is 0. The highest BCUT2D eigenvalue weighted by Crippen LogP contribution is 2.37. The van der Waals surface area contributed by atoms with E-state index in [9.17, 15) is 4.79 Å². The Kier molecular flexibility index (Phi) is 6.12. The van der Waals surface area contributed by atoms with Crippen LogP contribution in [0.15, 0.2) is 16.5 Å². The van der Waals surface area contributed by atoms with Gasteiger partial charge < -0.3 is 23.7 Å². The fraction of sp³-hybridized carbons (Fsp3) is 0.640. The lowest BCUT2D eigenvalue weighted by atomic mass is 9.90. The molecule has 0 radical (unpaired) electrons. The Balaban J connectivity index is 1.32. The molecule has 7 heteroatoms. The molecule has 0 bridgehead atoms. The van der Waals surface area contributed by atoms with Crippen LogP contribution in [0.5, 0.6) is 5.75 Å². The largest absolute Gasteiger partial charge is 0.489 e. The molecule has 2 aromatic rings. The number of nitrogens with zero attached hydrogens (tertiary/aromatic N) is 2. The first kappa shape index (κ1) is 22.1.